The van der Waals surface area contributed by atoms with E-state index in [-0.39, 0.29) is 28.6 Å². The molecule has 1 fully saturated rings. The van der Waals surface area contributed by atoms with Crippen molar-refractivity contribution in [1.29, 1.82) is 0 Å². The molecule has 0 amide bonds. The summed E-state index contributed by atoms with van der Waals surface area (Å²) < 4.78 is 27.0. The summed E-state index contributed by atoms with van der Waals surface area (Å²) in [4.78, 5) is 13.0. The van der Waals surface area contributed by atoms with E-state index in [9.17, 15) is 40.5 Å². The van der Waals surface area contributed by atoms with Crippen LogP contribution in [0.2, 0.25) is 0 Å². The Labute approximate surface area is 202 Å². The van der Waals surface area contributed by atoms with Crippen molar-refractivity contribution in [3.63, 3.8) is 0 Å². The van der Waals surface area contributed by atoms with Gasteiger partial charge in [0.05, 0.1) is 20.8 Å². The first-order valence-electron chi connectivity index (χ1n) is 10.6. The summed E-state index contributed by atoms with van der Waals surface area (Å²) >= 11 is 0. The van der Waals surface area contributed by atoms with Gasteiger partial charge in [-0.2, -0.15) is 0 Å². The molecule has 4 rings (SSSR count). The van der Waals surface area contributed by atoms with Crippen molar-refractivity contribution >= 4 is 11.0 Å². The number of hydrogen-bond acceptors (Lipinski definition) is 13. The highest BCUT2D eigenvalue weighted by Crippen LogP contribution is 2.45. The molecule has 0 spiro atoms. The minimum atomic E-state index is -1.81. The van der Waals surface area contributed by atoms with Crippen LogP contribution in [-0.2, 0) is 4.74 Å². The van der Waals surface area contributed by atoms with Crippen LogP contribution in [0.5, 0.6) is 34.5 Å². The van der Waals surface area contributed by atoms with Crippen molar-refractivity contribution in [2.45, 2.75) is 30.7 Å². The van der Waals surface area contributed by atoms with Gasteiger partial charge < -0.3 is 59.1 Å². The minimum absolute atomic E-state index is 0.0610. The topological polar surface area (TPSA) is 209 Å². The van der Waals surface area contributed by atoms with E-state index in [0.717, 1.165) is 6.07 Å². The monoisotopic (exact) mass is 508 g/mol. The van der Waals surface area contributed by atoms with Gasteiger partial charge in [0.15, 0.2) is 28.6 Å². The molecule has 1 aliphatic rings. The molecule has 194 valence electrons. The second-order valence-corrected chi connectivity index (χ2v) is 7.94. The van der Waals surface area contributed by atoms with E-state index in [1.807, 2.05) is 0 Å². The Balaban J connectivity index is 1.92. The Bertz CT molecular complexity index is 1330. The Morgan fingerprint density at radius 3 is 2.22 bits per heavy atom. The van der Waals surface area contributed by atoms with E-state index in [1.165, 1.54) is 32.4 Å². The molecule has 13 heteroatoms. The molecule has 5 atom stereocenters. The summed E-state index contributed by atoms with van der Waals surface area (Å²) in [6, 6.07) is 4.92. The quantitative estimate of drug-likeness (QED) is 0.230. The predicted octanol–water partition coefficient (Wildman–Crippen LogP) is -0.227. The summed E-state index contributed by atoms with van der Waals surface area (Å²) in [5, 5.41) is 70.5. The normalized spacial score (nSPS) is 24.0. The maximum absolute atomic E-state index is 13.0. The van der Waals surface area contributed by atoms with Gasteiger partial charge >= 0.3 is 0 Å². The van der Waals surface area contributed by atoms with Gasteiger partial charge in [-0.25, -0.2) is 0 Å². The highest BCUT2D eigenvalue weighted by Gasteiger charge is 2.45. The van der Waals surface area contributed by atoms with Crippen LogP contribution in [0.1, 0.15) is 0 Å². The molecule has 2 unspecified atom stereocenters. The molecule has 13 nitrogen and oxygen atoms in total. The van der Waals surface area contributed by atoms with Crippen LogP contribution in [0.3, 0.4) is 0 Å². The lowest BCUT2D eigenvalue weighted by Gasteiger charge is -2.39. The van der Waals surface area contributed by atoms with E-state index >= 15 is 0 Å². The van der Waals surface area contributed by atoms with Crippen LogP contribution < -0.4 is 19.6 Å². The lowest BCUT2D eigenvalue weighted by Crippen LogP contribution is -2.60. The van der Waals surface area contributed by atoms with E-state index in [1.54, 1.807) is 0 Å². The molecule has 3 aromatic rings. The molecule has 2 heterocycles. The van der Waals surface area contributed by atoms with Crippen molar-refractivity contribution in [1.82, 2.24) is 0 Å². The Morgan fingerprint density at radius 1 is 0.917 bits per heavy atom. The minimum Gasteiger partial charge on any atom is -0.507 e. The number of ether oxygens (including phenoxy) is 4. The van der Waals surface area contributed by atoms with Crippen molar-refractivity contribution in [3.05, 3.63) is 34.5 Å². The fraction of sp³-hybridized carbons (Fsp3) is 0.348. The van der Waals surface area contributed by atoms with Gasteiger partial charge in [0.25, 0.3) is 0 Å². The van der Waals surface area contributed by atoms with E-state index < -0.39 is 71.0 Å². The van der Waals surface area contributed by atoms with Crippen molar-refractivity contribution in [3.8, 4) is 45.8 Å². The fourth-order valence-corrected chi connectivity index (χ4v) is 3.86. The molecular weight excluding hydrogens is 484 g/mol. The molecule has 1 aliphatic heterocycles. The van der Waals surface area contributed by atoms with Gasteiger partial charge in [0.1, 0.15) is 35.6 Å². The van der Waals surface area contributed by atoms with Crippen LogP contribution in [0.4, 0.5) is 0 Å². The zero-order chi connectivity index (χ0) is 26.3. The second-order valence-electron chi connectivity index (χ2n) is 7.94. The first-order chi connectivity index (χ1) is 17.1. The first-order valence-corrected chi connectivity index (χ1v) is 10.6. The number of hydrogen-bond donors (Lipinski definition) is 7. The zero-order valence-electron chi connectivity index (χ0n) is 19.0. The fourth-order valence-electron chi connectivity index (χ4n) is 3.86. The van der Waals surface area contributed by atoms with Crippen molar-refractivity contribution < 1.29 is 59.1 Å². The Morgan fingerprint density at radius 2 is 1.61 bits per heavy atom. The van der Waals surface area contributed by atoms with Gasteiger partial charge in [0.2, 0.25) is 23.2 Å². The van der Waals surface area contributed by atoms with Crippen LogP contribution in [0.25, 0.3) is 22.3 Å². The molecule has 0 bridgehead atoms. The van der Waals surface area contributed by atoms with Gasteiger partial charge in [-0.05, 0) is 18.2 Å². The van der Waals surface area contributed by atoms with Gasteiger partial charge in [-0.3, -0.25) is 4.79 Å². The average molecular weight is 508 g/mol. The number of aliphatic hydroxyl groups excluding tert-OH is 4. The van der Waals surface area contributed by atoms with Crippen LogP contribution in [0.15, 0.2) is 33.5 Å². The molecule has 2 aromatic carbocycles. The smallest absolute Gasteiger partial charge is 0.238 e. The summed E-state index contributed by atoms with van der Waals surface area (Å²) in [5.41, 5.74) is -1.43. The standard InChI is InChI=1S/C23H24O13/c1-32-11-4-3-8(5-9(11)25)20-18(30)16(28)14-10(26)6-12(33-2)21(22(14)35-20)36-23-19(31)17(29)15(27)13(7-24)34-23/h3-6,13,15,17,19,23-27,29-31H,7H2,1-2H3/t13?,15-,17+,19?,23+/m1/s1. The summed E-state index contributed by atoms with van der Waals surface area (Å²) in [6.45, 7) is -0.716. The maximum Gasteiger partial charge on any atom is 0.238 e. The molecule has 0 radical (unpaired) electrons. The number of fused-ring (bicyclic) bond motifs is 1. The number of phenols is 2. The molecule has 0 saturated carbocycles. The zero-order valence-corrected chi connectivity index (χ0v) is 19.0. The Kier molecular flexibility index (Phi) is 6.84. The van der Waals surface area contributed by atoms with Crippen LogP contribution in [0, 0.1) is 0 Å². The lowest BCUT2D eigenvalue weighted by molar-refractivity contribution is -0.277. The highest BCUT2D eigenvalue weighted by atomic mass is 16.7. The SMILES string of the molecule is COc1ccc(-c2oc3c(O[C@@H]4OC(CO)[C@@H](O)[C@H](O)C4O)c(OC)cc(O)c3c(=O)c2O)cc1O. The molecule has 0 aliphatic carbocycles. The van der Waals surface area contributed by atoms with E-state index in [2.05, 4.69) is 0 Å². The number of phenolic OH excluding ortho intramolecular Hbond substituents is 2. The predicted molar refractivity (Wildman–Crippen MR) is 120 cm³/mol. The summed E-state index contributed by atoms with van der Waals surface area (Å²) in [7, 11) is 2.54. The van der Waals surface area contributed by atoms with Gasteiger partial charge in [-0.15, -0.1) is 0 Å². The first kappa shape index (κ1) is 25.3. The van der Waals surface area contributed by atoms with Gasteiger partial charge in [-0.1, -0.05) is 0 Å². The molecule has 1 saturated heterocycles. The average Bonchev–Trinajstić information content (AvgIpc) is 2.87. The van der Waals surface area contributed by atoms with Gasteiger partial charge in [0, 0.05) is 11.6 Å². The van der Waals surface area contributed by atoms with Crippen molar-refractivity contribution in [2.75, 3.05) is 20.8 Å². The number of aliphatic hydroxyl groups is 4. The molecule has 1 aromatic heterocycles. The Hall–Kier alpha value is -3.75. The third-order valence-corrected chi connectivity index (χ3v) is 5.79. The van der Waals surface area contributed by atoms with E-state index in [0.29, 0.717) is 0 Å². The van der Waals surface area contributed by atoms with Crippen LogP contribution in [-0.4, -0.2) is 87.3 Å². The number of rotatable bonds is 6. The maximum atomic E-state index is 13.0. The summed E-state index contributed by atoms with van der Waals surface area (Å²) in [6.07, 6.45) is -8.19. The third kappa shape index (κ3) is 4.12. The highest BCUT2D eigenvalue weighted by molar-refractivity contribution is 5.93. The third-order valence-electron chi connectivity index (χ3n) is 5.79. The molecule has 36 heavy (non-hydrogen) atoms. The largest absolute Gasteiger partial charge is 0.507 e. The van der Waals surface area contributed by atoms with E-state index in [4.69, 9.17) is 23.4 Å². The van der Waals surface area contributed by atoms with Crippen LogP contribution >= 0.6 is 0 Å². The number of aromatic hydroxyl groups is 3. The van der Waals surface area contributed by atoms with Crippen molar-refractivity contribution in [2.24, 2.45) is 0 Å². The lowest BCUT2D eigenvalue weighted by atomic mass is 9.99. The molecule has 7 N–H and O–H groups in total. The number of methoxy groups -OCH3 is 2. The second kappa shape index (κ2) is 9.72. The number of benzene rings is 2. The summed E-state index contributed by atoms with van der Waals surface area (Å²) in [5.74, 6) is -2.67. The molecular formula is C23H24O13.